The highest BCUT2D eigenvalue weighted by molar-refractivity contribution is 6.08. The second-order valence-corrected chi connectivity index (χ2v) is 7.35. The van der Waals surface area contributed by atoms with Crippen molar-refractivity contribution in [1.82, 2.24) is 10.3 Å². The summed E-state index contributed by atoms with van der Waals surface area (Å²) in [7, 11) is 0. The maximum Gasteiger partial charge on any atom is 0.242 e. The third-order valence-electron chi connectivity index (χ3n) is 5.34. The van der Waals surface area contributed by atoms with Crippen LogP contribution >= 0.6 is 0 Å². The quantitative estimate of drug-likeness (QED) is 0.780. The lowest BCUT2D eigenvalue weighted by Crippen LogP contribution is -2.56. The highest BCUT2D eigenvalue weighted by atomic mass is 16.2. The van der Waals surface area contributed by atoms with Crippen LogP contribution in [0.2, 0.25) is 0 Å². The molecule has 2 aliphatic heterocycles. The number of piperazine rings is 1. The molecule has 2 N–H and O–H groups in total. The van der Waals surface area contributed by atoms with Gasteiger partial charge < -0.3 is 10.6 Å². The van der Waals surface area contributed by atoms with E-state index < -0.39 is 5.92 Å². The summed E-state index contributed by atoms with van der Waals surface area (Å²) >= 11 is 0. The number of carbonyl (C=O) groups is 3. The maximum absolute atomic E-state index is 13.2. The molecule has 0 saturated carbocycles. The van der Waals surface area contributed by atoms with Crippen LogP contribution in [0.4, 0.5) is 11.4 Å². The smallest absolute Gasteiger partial charge is 0.242 e. The number of hydrogen-bond acceptors (Lipinski definition) is 5. The van der Waals surface area contributed by atoms with Crippen molar-refractivity contribution in [2.45, 2.75) is 19.3 Å². The second-order valence-electron chi connectivity index (χ2n) is 7.35. The van der Waals surface area contributed by atoms with Crippen LogP contribution in [-0.4, -0.2) is 48.8 Å². The van der Waals surface area contributed by atoms with Gasteiger partial charge in [-0.15, -0.1) is 0 Å². The van der Waals surface area contributed by atoms with Gasteiger partial charge in [0.2, 0.25) is 11.8 Å². The van der Waals surface area contributed by atoms with E-state index in [-0.39, 0.29) is 24.0 Å². The van der Waals surface area contributed by atoms with Crippen LogP contribution in [-0.2, 0) is 9.59 Å². The number of anilines is 2. The van der Waals surface area contributed by atoms with Gasteiger partial charge in [0.05, 0.1) is 11.6 Å². The largest absolute Gasteiger partial charge is 0.326 e. The van der Waals surface area contributed by atoms with E-state index in [1.165, 1.54) is 6.92 Å². The van der Waals surface area contributed by atoms with Crippen LogP contribution in [0.5, 0.6) is 0 Å². The van der Waals surface area contributed by atoms with E-state index in [4.69, 9.17) is 0 Å². The highest BCUT2D eigenvalue weighted by Crippen LogP contribution is 2.38. The van der Waals surface area contributed by atoms with E-state index >= 15 is 0 Å². The van der Waals surface area contributed by atoms with Gasteiger partial charge in [-0.05, 0) is 35.9 Å². The summed E-state index contributed by atoms with van der Waals surface area (Å²) in [5.41, 5.74) is 2.84. The molecule has 1 saturated heterocycles. The lowest BCUT2D eigenvalue weighted by molar-refractivity contribution is -0.122. The fourth-order valence-corrected chi connectivity index (χ4v) is 4.00. The van der Waals surface area contributed by atoms with Crippen molar-refractivity contribution >= 4 is 29.0 Å². The topological polar surface area (TPSA) is 81.8 Å². The van der Waals surface area contributed by atoms with Crippen molar-refractivity contribution in [2.75, 3.05) is 36.5 Å². The number of para-hydroxylation sites is 1. The van der Waals surface area contributed by atoms with Crippen molar-refractivity contribution in [3.05, 3.63) is 59.7 Å². The molecule has 4 rings (SSSR count). The fraction of sp³-hybridized carbons (Fsp3) is 0.318. The van der Waals surface area contributed by atoms with Crippen LogP contribution in [0.1, 0.15) is 35.2 Å². The summed E-state index contributed by atoms with van der Waals surface area (Å²) < 4.78 is 0. The SMILES string of the molecule is CC(=O)Nc1ccc(C(=O)C2CC(=O)N(N3CCNCC3)c3ccccc32)cc1. The van der Waals surface area contributed by atoms with Crippen LogP contribution < -0.4 is 15.6 Å². The molecule has 1 fully saturated rings. The van der Waals surface area contributed by atoms with Crippen LogP contribution in [0.25, 0.3) is 0 Å². The molecule has 150 valence electrons. The first-order valence-corrected chi connectivity index (χ1v) is 9.84. The summed E-state index contributed by atoms with van der Waals surface area (Å²) in [5, 5.41) is 9.80. The zero-order chi connectivity index (χ0) is 20.4. The first-order valence-electron chi connectivity index (χ1n) is 9.84. The summed E-state index contributed by atoms with van der Waals surface area (Å²) in [6.07, 6.45) is 0.146. The number of carbonyl (C=O) groups excluding carboxylic acids is 3. The van der Waals surface area contributed by atoms with Gasteiger partial charge in [0, 0.05) is 50.8 Å². The third kappa shape index (κ3) is 3.92. The van der Waals surface area contributed by atoms with Crippen LogP contribution in [0.3, 0.4) is 0 Å². The molecule has 1 unspecified atom stereocenters. The summed E-state index contributed by atoms with van der Waals surface area (Å²) in [5.74, 6) is -0.813. The molecule has 0 radical (unpaired) electrons. The third-order valence-corrected chi connectivity index (χ3v) is 5.34. The molecule has 1 atom stereocenters. The molecule has 2 amide bonds. The fourth-order valence-electron chi connectivity index (χ4n) is 4.00. The van der Waals surface area contributed by atoms with Crippen LogP contribution in [0.15, 0.2) is 48.5 Å². The predicted molar refractivity (Wildman–Crippen MR) is 111 cm³/mol. The van der Waals surface area contributed by atoms with E-state index in [0.717, 1.165) is 37.4 Å². The maximum atomic E-state index is 13.2. The molecule has 2 aliphatic rings. The Kier molecular flexibility index (Phi) is 5.42. The molecule has 7 nitrogen and oxygen atoms in total. The second kappa shape index (κ2) is 8.14. The average Bonchev–Trinajstić information content (AvgIpc) is 2.73. The number of benzene rings is 2. The minimum atomic E-state index is -0.510. The number of rotatable bonds is 4. The van der Waals surface area contributed by atoms with E-state index in [0.29, 0.717) is 11.3 Å². The van der Waals surface area contributed by atoms with Gasteiger partial charge in [-0.2, -0.15) is 0 Å². The molecule has 2 aromatic rings. The van der Waals surface area contributed by atoms with Gasteiger partial charge in [0.25, 0.3) is 0 Å². The molecule has 7 heteroatoms. The predicted octanol–water partition coefficient (Wildman–Crippen LogP) is 2.17. The Morgan fingerprint density at radius 2 is 1.72 bits per heavy atom. The zero-order valence-electron chi connectivity index (χ0n) is 16.4. The number of hydrogen-bond donors (Lipinski definition) is 2. The van der Waals surface area contributed by atoms with Crippen LogP contribution in [0, 0.1) is 0 Å². The number of hydrazine groups is 1. The number of fused-ring (bicyclic) bond motifs is 1. The minimum Gasteiger partial charge on any atom is -0.326 e. The van der Waals surface area contributed by atoms with E-state index in [1.54, 1.807) is 29.3 Å². The molecule has 29 heavy (non-hydrogen) atoms. The first kappa shape index (κ1) is 19.3. The Labute approximate surface area is 169 Å². The number of Topliss-reactive ketones (excluding diaryl/α,β-unsaturated/α-hetero) is 1. The summed E-state index contributed by atoms with van der Waals surface area (Å²) in [6.45, 7) is 4.60. The molecule has 0 bridgehead atoms. The molecule has 0 aromatic heterocycles. The van der Waals surface area contributed by atoms with E-state index in [9.17, 15) is 14.4 Å². The van der Waals surface area contributed by atoms with E-state index in [1.807, 2.05) is 24.3 Å². The van der Waals surface area contributed by atoms with Gasteiger partial charge >= 0.3 is 0 Å². The van der Waals surface area contributed by atoms with Gasteiger partial charge in [-0.25, -0.2) is 10.0 Å². The monoisotopic (exact) mass is 392 g/mol. The molecular formula is C22H24N4O3. The molecule has 0 aliphatic carbocycles. The summed E-state index contributed by atoms with van der Waals surface area (Å²) in [6, 6.07) is 14.5. The van der Waals surface area contributed by atoms with Crippen molar-refractivity contribution in [3.63, 3.8) is 0 Å². The van der Waals surface area contributed by atoms with Gasteiger partial charge in [-0.3, -0.25) is 14.4 Å². The molecule has 2 heterocycles. The first-order chi connectivity index (χ1) is 14.0. The minimum absolute atomic E-state index is 0.0567. The van der Waals surface area contributed by atoms with Crippen molar-refractivity contribution in [2.24, 2.45) is 0 Å². The number of amides is 2. The van der Waals surface area contributed by atoms with Gasteiger partial charge in [-0.1, -0.05) is 18.2 Å². The Hall–Kier alpha value is -3.03. The Morgan fingerprint density at radius 3 is 2.41 bits per heavy atom. The molecule has 2 aromatic carbocycles. The highest BCUT2D eigenvalue weighted by Gasteiger charge is 2.38. The number of nitrogens with one attached hydrogen (secondary N) is 2. The Balaban J connectivity index is 1.63. The summed E-state index contributed by atoms with van der Waals surface area (Å²) in [4.78, 5) is 37.5. The molecule has 0 spiro atoms. The van der Waals surface area contributed by atoms with Gasteiger partial charge in [0.1, 0.15) is 0 Å². The number of ketones is 1. The Morgan fingerprint density at radius 1 is 1.03 bits per heavy atom. The average molecular weight is 392 g/mol. The number of nitrogens with zero attached hydrogens (tertiary/aromatic N) is 2. The standard InChI is InChI=1S/C22H24N4O3/c1-15(27)24-17-8-6-16(7-9-17)22(29)19-14-21(28)26(25-12-10-23-11-13-25)20-5-3-2-4-18(19)20/h2-9,19,23H,10-14H2,1H3,(H,24,27). The van der Waals surface area contributed by atoms with E-state index in [2.05, 4.69) is 15.6 Å². The van der Waals surface area contributed by atoms with Crippen molar-refractivity contribution in [1.29, 1.82) is 0 Å². The van der Waals surface area contributed by atoms with Gasteiger partial charge in [0.15, 0.2) is 5.78 Å². The Bertz CT molecular complexity index is 935. The molecular weight excluding hydrogens is 368 g/mol. The normalized spacial score (nSPS) is 19.6. The van der Waals surface area contributed by atoms with Crippen molar-refractivity contribution < 1.29 is 14.4 Å². The van der Waals surface area contributed by atoms with Crippen molar-refractivity contribution in [3.8, 4) is 0 Å². The lowest BCUT2D eigenvalue weighted by atomic mass is 9.84. The lowest BCUT2D eigenvalue weighted by Gasteiger charge is -2.42. The zero-order valence-corrected chi connectivity index (χ0v) is 16.4.